The van der Waals surface area contributed by atoms with E-state index in [4.69, 9.17) is 5.11 Å². The molecule has 0 aliphatic heterocycles. The zero-order valence-corrected chi connectivity index (χ0v) is 7.80. The van der Waals surface area contributed by atoms with Gasteiger partial charge in [0.15, 0.2) is 0 Å². The van der Waals surface area contributed by atoms with Gasteiger partial charge in [0, 0.05) is 12.1 Å². The molecule has 5 heteroatoms. The molecule has 0 heterocycles. The lowest BCUT2D eigenvalue weighted by molar-refractivity contribution is -0.384. The summed E-state index contributed by atoms with van der Waals surface area (Å²) in [7, 11) is 0. The van der Waals surface area contributed by atoms with Crippen molar-refractivity contribution < 1.29 is 10.0 Å². The summed E-state index contributed by atoms with van der Waals surface area (Å²) in [5.41, 5.74) is 0.451. The molecule has 0 aliphatic rings. The molecule has 5 nitrogen and oxygen atoms in total. The highest BCUT2D eigenvalue weighted by molar-refractivity contribution is 5.61. The number of hydrogen-bond donors (Lipinski definition) is 2. The smallest absolute Gasteiger partial charge is 0.292 e. The quantitative estimate of drug-likeness (QED) is 0.563. The second-order valence-corrected chi connectivity index (χ2v) is 3.00. The molecule has 1 unspecified atom stereocenters. The van der Waals surface area contributed by atoms with E-state index in [2.05, 4.69) is 5.32 Å². The lowest BCUT2D eigenvalue weighted by Gasteiger charge is -2.11. The average Bonchev–Trinajstić information content (AvgIpc) is 2.18. The van der Waals surface area contributed by atoms with Crippen LogP contribution in [0.3, 0.4) is 0 Å². The fraction of sp³-hybridized carbons (Fsp3) is 0.333. The molecule has 1 aromatic rings. The van der Waals surface area contributed by atoms with E-state index in [-0.39, 0.29) is 18.3 Å². The first-order chi connectivity index (χ1) is 6.65. The van der Waals surface area contributed by atoms with Crippen LogP contribution in [-0.2, 0) is 0 Å². The van der Waals surface area contributed by atoms with Crippen LogP contribution in [0, 0.1) is 10.1 Å². The number of nitro benzene ring substituents is 1. The number of nitrogens with zero attached hydrogens (tertiary/aromatic N) is 1. The van der Waals surface area contributed by atoms with Gasteiger partial charge in [-0.15, -0.1) is 0 Å². The molecule has 0 saturated carbocycles. The molecule has 0 bridgehead atoms. The van der Waals surface area contributed by atoms with Crippen molar-refractivity contribution in [1.29, 1.82) is 0 Å². The highest BCUT2D eigenvalue weighted by Gasteiger charge is 2.13. The van der Waals surface area contributed by atoms with Crippen LogP contribution in [0.25, 0.3) is 0 Å². The van der Waals surface area contributed by atoms with E-state index in [9.17, 15) is 10.1 Å². The normalized spacial score (nSPS) is 12.1. The Labute approximate surface area is 81.5 Å². The fourth-order valence-electron chi connectivity index (χ4n) is 1.07. The summed E-state index contributed by atoms with van der Waals surface area (Å²) in [5.74, 6) is 0. The predicted molar refractivity (Wildman–Crippen MR) is 53.3 cm³/mol. The number of anilines is 1. The van der Waals surface area contributed by atoms with E-state index in [1.165, 1.54) is 6.07 Å². The van der Waals surface area contributed by atoms with Crippen LogP contribution in [0.4, 0.5) is 11.4 Å². The molecule has 0 radical (unpaired) electrons. The van der Waals surface area contributed by atoms with Crippen LogP contribution in [-0.4, -0.2) is 22.7 Å². The minimum Gasteiger partial charge on any atom is -0.394 e. The zero-order chi connectivity index (χ0) is 10.6. The van der Waals surface area contributed by atoms with Crippen molar-refractivity contribution in [3.63, 3.8) is 0 Å². The molecule has 0 spiro atoms. The van der Waals surface area contributed by atoms with Crippen molar-refractivity contribution in [1.82, 2.24) is 0 Å². The Balaban J connectivity index is 2.90. The fourth-order valence-corrected chi connectivity index (χ4v) is 1.07. The number of nitrogens with one attached hydrogen (secondary N) is 1. The maximum absolute atomic E-state index is 10.6. The van der Waals surface area contributed by atoms with E-state index in [0.717, 1.165) is 0 Å². The zero-order valence-electron chi connectivity index (χ0n) is 7.80. The van der Waals surface area contributed by atoms with Crippen molar-refractivity contribution in [3.8, 4) is 0 Å². The molecule has 0 aromatic heterocycles. The first-order valence-electron chi connectivity index (χ1n) is 4.26. The molecule has 1 rings (SSSR count). The lowest BCUT2D eigenvalue weighted by atomic mass is 10.2. The van der Waals surface area contributed by atoms with Crippen molar-refractivity contribution in [2.24, 2.45) is 0 Å². The Hall–Kier alpha value is -1.62. The Kier molecular flexibility index (Phi) is 3.41. The number of rotatable bonds is 4. The van der Waals surface area contributed by atoms with Crippen LogP contribution in [0.2, 0.25) is 0 Å². The van der Waals surface area contributed by atoms with Crippen molar-refractivity contribution in [2.45, 2.75) is 13.0 Å². The van der Waals surface area contributed by atoms with E-state index < -0.39 is 4.92 Å². The molecule has 0 fully saturated rings. The van der Waals surface area contributed by atoms with Gasteiger partial charge in [0.05, 0.1) is 11.5 Å². The van der Waals surface area contributed by atoms with Crippen molar-refractivity contribution in [2.75, 3.05) is 11.9 Å². The van der Waals surface area contributed by atoms with Crippen LogP contribution < -0.4 is 5.32 Å². The SMILES string of the molecule is CC(CO)Nc1ccccc1[N+](=O)[O-]. The molecule has 0 saturated heterocycles. The van der Waals surface area contributed by atoms with Crippen LogP contribution in [0.15, 0.2) is 24.3 Å². The van der Waals surface area contributed by atoms with Crippen molar-refractivity contribution >= 4 is 11.4 Å². The Morgan fingerprint density at radius 1 is 1.57 bits per heavy atom. The second kappa shape index (κ2) is 4.57. The minimum absolute atomic E-state index is 0.0211. The summed E-state index contributed by atoms with van der Waals surface area (Å²) < 4.78 is 0. The predicted octanol–water partition coefficient (Wildman–Crippen LogP) is 1.39. The van der Waals surface area contributed by atoms with Gasteiger partial charge >= 0.3 is 0 Å². The number of aliphatic hydroxyl groups is 1. The summed E-state index contributed by atoms with van der Waals surface area (Å²) in [6.45, 7) is 1.68. The van der Waals surface area contributed by atoms with Gasteiger partial charge in [-0.05, 0) is 13.0 Å². The van der Waals surface area contributed by atoms with Gasteiger partial charge in [0.1, 0.15) is 5.69 Å². The molecular formula is C9H12N2O3. The third-order valence-corrected chi connectivity index (χ3v) is 1.78. The monoisotopic (exact) mass is 196 g/mol. The standard InChI is InChI=1S/C9H12N2O3/c1-7(6-12)10-8-4-2-3-5-9(8)11(13)14/h2-5,7,10,12H,6H2,1H3. The number of para-hydroxylation sites is 2. The largest absolute Gasteiger partial charge is 0.394 e. The molecule has 0 amide bonds. The number of benzene rings is 1. The van der Waals surface area contributed by atoms with Crippen LogP contribution in [0.1, 0.15) is 6.92 Å². The molecule has 76 valence electrons. The van der Waals surface area contributed by atoms with E-state index >= 15 is 0 Å². The topological polar surface area (TPSA) is 75.4 Å². The second-order valence-electron chi connectivity index (χ2n) is 3.00. The van der Waals surface area contributed by atoms with Gasteiger partial charge in [-0.1, -0.05) is 12.1 Å². The molecule has 14 heavy (non-hydrogen) atoms. The highest BCUT2D eigenvalue weighted by atomic mass is 16.6. The average molecular weight is 196 g/mol. The van der Waals surface area contributed by atoms with Crippen LogP contribution in [0.5, 0.6) is 0 Å². The van der Waals surface area contributed by atoms with E-state index in [1.807, 2.05) is 0 Å². The number of aliphatic hydroxyl groups excluding tert-OH is 1. The number of hydrogen-bond acceptors (Lipinski definition) is 4. The summed E-state index contributed by atoms with van der Waals surface area (Å²) in [4.78, 5) is 10.1. The first kappa shape index (κ1) is 10.5. The molecular weight excluding hydrogens is 184 g/mol. The minimum atomic E-state index is -0.452. The highest BCUT2D eigenvalue weighted by Crippen LogP contribution is 2.23. The maximum atomic E-state index is 10.6. The first-order valence-corrected chi connectivity index (χ1v) is 4.26. The van der Waals surface area contributed by atoms with Crippen LogP contribution >= 0.6 is 0 Å². The summed E-state index contributed by atoms with van der Waals surface area (Å²) in [6.07, 6.45) is 0. The lowest BCUT2D eigenvalue weighted by Crippen LogP contribution is -2.19. The summed E-state index contributed by atoms with van der Waals surface area (Å²) in [5, 5.41) is 22.2. The third kappa shape index (κ3) is 2.43. The Bertz CT molecular complexity index is 328. The summed E-state index contributed by atoms with van der Waals surface area (Å²) in [6, 6.07) is 6.15. The number of nitro groups is 1. The van der Waals surface area contributed by atoms with E-state index in [0.29, 0.717) is 5.69 Å². The summed E-state index contributed by atoms with van der Waals surface area (Å²) >= 11 is 0. The van der Waals surface area contributed by atoms with Crippen molar-refractivity contribution in [3.05, 3.63) is 34.4 Å². The Morgan fingerprint density at radius 2 is 2.21 bits per heavy atom. The molecule has 1 atom stereocenters. The molecule has 2 N–H and O–H groups in total. The molecule has 0 aliphatic carbocycles. The van der Waals surface area contributed by atoms with E-state index in [1.54, 1.807) is 25.1 Å². The van der Waals surface area contributed by atoms with Gasteiger partial charge in [0.25, 0.3) is 5.69 Å². The molecule has 1 aromatic carbocycles. The maximum Gasteiger partial charge on any atom is 0.292 e. The van der Waals surface area contributed by atoms with Gasteiger partial charge in [-0.2, -0.15) is 0 Å². The Morgan fingerprint density at radius 3 is 2.79 bits per heavy atom. The van der Waals surface area contributed by atoms with Gasteiger partial charge in [-0.25, -0.2) is 0 Å². The van der Waals surface area contributed by atoms with Gasteiger partial charge in [0.2, 0.25) is 0 Å². The van der Waals surface area contributed by atoms with Gasteiger partial charge < -0.3 is 10.4 Å². The third-order valence-electron chi connectivity index (χ3n) is 1.78. The van der Waals surface area contributed by atoms with Gasteiger partial charge in [-0.3, -0.25) is 10.1 Å².